The molecule has 0 saturated carbocycles. The van der Waals surface area contributed by atoms with Gasteiger partial charge in [0.15, 0.2) is 0 Å². The molecule has 1 unspecified atom stereocenters. The monoisotopic (exact) mass is 211 g/mol. The number of rotatable bonds is 7. The first kappa shape index (κ1) is 13.9. The summed E-state index contributed by atoms with van der Waals surface area (Å²) in [5.41, 5.74) is 0. The summed E-state index contributed by atoms with van der Waals surface area (Å²) >= 11 is 0. The third kappa shape index (κ3) is 6.92. The Morgan fingerprint density at radius 3 is 2.60 bits per heavy atom. The van der Waals surface area contributed by atoms with Gasteiger partial charge in [0, 0.05) is 6.54 Å². The van der Waals surface area contributed by atoms with E-state index in [2.05, 4.69) is 10.2 Å². The van der Waals surface area contributed by atoms with Gasteiger partial charge in [-0.25, -0.2) is 0 Å². The van der Waals surface area contributed by atoms with Gasteiger partial charge in [-0.15, -0.1) is 0 Å². The second-order valence-electron chi connectivity index (χ2n) is 3.89. The standard InChI is InChI=1S/C11H21N3O/c1-4-10(9-12)11(15)13-7-5-6-8-14(2)3/h10H,4-8H2,1-3H3,(H,13,15). The zero-order valence-corrected chi connectivity index (χ0v) is 9.92. The van der Waals surface area contributed by atoms with Crippen molar-refractivity contribution in [1.82, 2.24) is 10.2 Å². The highest BCUT2D eigenvalue weighted by Crippen LogP contribution is 2.00. The molecule has 15 heavy (non-hydrogen) atoms. The summed E-state index contributed by atoms with van der Waals surface area (Å²) in [7, 11) is 4.06. The molecule has 0 rings (SSSR count). The first-order valence-corrected chi connectivity index (χ1v) is 5.43. The van der Waals surface area contributed by atoms with Crippen molar-refractivity contribution < 1.29 is 4.79 Å². The smallest absolute Gasteiger partial charge is 0.237 e. The van der Waals surface area contributed by atoms with Gasteiger partial charge in [0.1, 0.15) is 5.92 Å². The van der Waals surface area contributed by atoms with Crippen molar-refractivity contribution in [3.8, 4) is 6.07 Å². The van der Waals surface area contributed by atoms with Gasteiger partial charge in [-0.2, -0.15) is 5.26 Å². The SMILES string of the molecule is CCC(C#N)C(=O)NCCCCN(C)C. The fraction of sp³-hybridized carbons (Fsp3) is 0.818. The van der Waals surface area contributed by atoms with E-state index in [1.165, 1.54) is 0 Å². The van der Waals surface area contributed by atoms with E-state index in [1.54, 1.807) is 0 Å². The van der Waals surface area contributed by atoms with Crippen molar-refractivity contribution in [1.29, 1.82) is 5.26 Å². The number of nitrogens with zero attached hydrogens (tertiary/aromatic N) is 2. The number of unbranched alkanes of at least 4 members (excludes halogenated alkanes) is 1. The molecule has 0 aromatic carbocycles. The second-order valence-corrected chi connectivity index (χ2v) is 3.89. The molecule has 0 fully saturated rings. The fourth-order valence-electron chi connectivity index (χ4n) is 1.22. The maximum absolute atomic E-state index is 11.4. The molecule has 1 atom stereocenters. The summed E-state index contributed by atoms with van der Waals surface area (Å²) in [6.45, 7) is 3.55. The quantitative estimate of drug-likeness (QED) is 0.639. The van der Waals surface area contributed by atoms with Crippen LogP contribution in [0.25, 0.3) is 0 Å². The van der Waals surface area contributed by atoms with Gasteiger partial charge in [0.05, 0.1) is 6.07 Å². The number of hydrogen-bond donors (Lipinski definition) is 1. The van der Waals surface area contributed by atoms with E-state index in [1.807, 2.05) is 27.1 Å². The van der Waals surface area contributed by atoms with Crippen molar-refractivity contribution in [2.75, 3.05) is 27.2 Å². The summed E-state index contributed by atoms with van der Waals surface area (Å²) in [5.74, 6) is -0.622. The molecule has 0 aliphatic rings. The van der Waals surface area contributed by atoms with Gasteiger partial charge >= 0.3 is 0 Å². The molecule has 0 aromatic rings. The molecule has 0 heterocycles. The van der Waals surface area contributed by atoms with Crippen LogP contribution in [-0.4, -0.2) is 38.0 Å². The maximum Gasteiger partial charge on any atom is 0.237 e. The minimum Gasteiger partial charge on any atom is -0.355 e. The highest BCUT2D eigenvalue weighted by atomic mass is 16.1. The Hall–Kier alpha value is -1.08. The molecule has 0 radical (unpaired) electrons. The summed E-state index contributed by atoms with van der Waals surface area (Å²) in [6, 6.07) is 1.99. The van der Waals surface area contributed by atoms with Gasteiger partial charge in [-0.05, 0) is 39.9 Å². The van der Waals surface area contributed by atoms with Crippen molar-refractivity contribution in [2.24, 2.45) is 5.92 Å². The third-order valence-corrected chi connectivity index (χ3v) is 2.21. The Kier molecular flexibility index (Phi) is 7.65. The molecule has 0 spiro atoms. The zero-order valence-electron chi connectivity index (χ0n) is 9.92. The molecule has 4 nitrogen and oxygen atoms in total. The highest BCUT2D eigenvalue weighted by molar-refractivity contribution is 5.80. The van der Waals surface area contributed by atoms with E-state index < -0.39 is 5.92 Å². The highest BCUT2D eigenvalue weighted by Gasteiger charge is 2.13. The maximum atomic E-state index is 11.4. The normalized spacial score (nSPS) is 12.2. The minimum absolute atomic E-state index is 0.134. The summed E-state index contributed by atoms with van der Waals surface area (Å²) < 4.78 is 0. The van der Waals surface area contributed by atoms with Crippen molar-refractivity contribution in [3.63, 3.8) is 0 Å². The van der Waals surface area contributed by atoms with E-state index >= 15 is 0 Å². The average molecular weight is 211 g/mol. The Labute approximate surface area is 92.3 Å². The summed E-state index contributed by atoms with van der Waals surface area (Å²) in [6.07, 6.45) is 2.61. The lowest BCUT2D eigenvalue weighted by molar-refractivity contribution is -0.123. The number of nitriles is 1. The van der Waals surface area contributed by atoms with E-state index in [0.29, 0.717) is 13.0 Å². The van der Waals surface area contributed by atoms with Gasteiger partial charge in [-0.1, -0.05) is 6.92 Å². The number of carbonyl (C=O) groups excluding carboxylic acids is 1. The molecule has 1 amide bonds. The van der Waals surface area contributed by atoms with Crippen LogP contribution in [0.1, 0.15) is 26.2 Å². The van der Waals surface area contributed by atoms with Crippen LogP contribution in [0.4, 0.5) is 0 Å². The van der Waals surface area contributed by atoms with Crippen molar-refractivity contribution in [2.45, 2.75) is 26.2 Å². The molecule has 86 valence electrons. The molecule has 0 bridgehead atoms. The van der Waals surface area contributed by atoms with Crippen molar-refractivity contribution >= 4 is 5.91 Å². The lowest BCUT2D eigenvalue weighted by Gasteiger charge is -2.10. The predicted molar refractivity (Wildman–Crippen MR) is 60.2 cm³/mol. The Morgan fingerprint density at radius 1 is 1.47 bits per heavy atom. The largest absolute Gasteiger partial charge is 0.355 e. The van der Waals surface area contributed by atoms with Crippen LogP contribution < -0.4 is 5.32 Å². The fourth-order valence-corrected chi connectivity index (χ4v) is 1.22. The number of amides is 1. The van der Waals surface area contributed by atoms with Crippen LogP contribution in [-0.2, 0) is 4.79 Å². The second kappa shape index (κ2) is 8.25. The minimum atomic E-state index is -0.487. The van der Waals surface area contributed by atoms with Gasteiger partial charge in [0.2, 0.25) is 5.91 Å². The van der Waals surface area contributed by atoms with Crippen LogP contribution in [0.2, 0.25) is 0 Å². The van der Waals surface area contributed by atoms with E-state index in [-0.39, 0.29) is 5.91 Å². The average Bonchev–Trinajstić information content (AvgIpc) is 2.18. The number of nitrogens with one attached hydrogen (secondary N) is 1. The van der Waals surface area contributed by atoms with Crippen molar-refractivity contribution in [3.05, 3.63) is 0 Å². The van der Waals surface area contributed by atoms with Crippen LogP contribution in [0.3, 0.4) is 0 Å². The molecule has 0 saturated heterocycles. The van der Waals surface area contributed by atoms with Crippen LogP contribution >= 0.6 is 0 Å². The Balaban J connectivity index is 3.51. The van der Waals surface area contributed by atoms with Crippen LogP contribution in [0.5, 0.6) is 0 Å². The van der Waals surface area contributed by atoms with Crippen LogP contribution in [0.15, 0.2) is 0 Å². The van der Waals surface area contributed by atoms with Gasteiger partial charge in [-0.3, -0.25) is 4.79 Å². The Bertz CT molecular complexity index is 220. The third-order valence-electron chi connectivity index (χ3n) is 2.21. The Morgan fingerprint density at radius 2 is 2.13 bits per heavy atom. The van der Waals surface area contributed by atoms with E-state index in [9.17, 15) is 4.79 Å². The number of hydrogen-bond acceptors (Lipinski definition) is 3. The first-order chi connectivity index (χ1) is 7.11. The zero-order chi connectivity index (χ0) is 11.7. The van der Waals surface area contributed by atoms with Gasteiger partial charge in [0.25, 0.3) is 0 Å². The van der Waals surface area contributed by atoms with E-state index in [4.69, 9.17) is 5.26 Å². The number of carbonyl (C=O) groups is 1. The summed E-state index contributed by atoms with van der Waals surface area (Å²) in [4.78, 5) is 13.5. The molecule has 1 N–H and O–H groups in total. The lowest BCUT2D eigenvalue weighted by atomic mass is 10.1. The topological polar surface area (TPSA) is 56.1 Å². The van der Waals surface area contributed by atoms with E-state index in [0.717, 1.165) is 19.4 Å². The first-order valence-electron chi connectivity index (χ1n) is 5.43. The van der Waals surface area contributed by atoms with Gasteiger partial charge < -0.3 is 10.2 Å². The molecule has 4 heteroatoms. The molecule has 0 aromatic heterocycles. The lowest BCUT2D eigenvalue weighted by Crippen LogP contribution is -2.30. The molecule has 0 aliphatic carbocycles. The molecular weight excluding hydrogens is 190 g/mol. The summed E-state index contributed by atoms with van der Waals surface area (Å²) in [5, 5.41) is 11.4. The predicted octanol–water partition coefficient (Wildman–Crippen LogP) is 0.994. The molecular formula is C11H21N3O. The molecule has 0 aliphatic heterocycles. The van der Waals surface area contributed by atoms with Crippen LogP contribution in [0, 0.1) is 17.2 Å².